The van der Waals surface area contributed by atoms with Gasteiger partial charge in [-0.1, -0.05) is 20.3 Å². The maximum atomic E-state index is 12.2. The van der Waals surface area contributed by atoms with E-state index in [-0.39, 0.29) is 18.0 Å². The summed E-state index contributed by atoms with van der Waals surface area (Å²) in [7, 11) is 0. The summed E-state index contributed by atoms with van der Waals surface area (Å²) in [5.74, 6) is 0.454. The van der Waals surface area contributed by atoms with Crippen LogP contribution < -0.4 is 5.73 Å². The van der Waals surface area contributed by atoms with E-state index >= 15 is 0 Å². The number of rotatable bonds is 3. The first-order chi connectivity index (χ1) is 8.52. The van der Waals surface area contributed by atoms with Crippen LogP contribution in [0.5, 0.6) is 0 Å². The average Bonchev–Trinajstić information content (AvgIpc) is 2.80. The minimum Gasteiger partial charge on any atom is -0.462 e. The fraction of sp³-hybridized carbons (Fsp3) is 0.933. The minimum atomic E-state index is 0.0210. The van der Waals surface area contributed by atoms with Crippen LogP contribution in [0, 0.1) is 17.3 Å². The number of esters is 1. The molecule has 2 aliphatic carbocycles. The molecule has 0 aromatic carbocycles. The Morgan fingerprint density at radius 2 is 1.89 bits per heavy atom. The van der Waals surface area contributed by atoms with Crippen molar-refractivity contribution in [2.24, 2.45) is 23.0 Å². The van der Waals surface area contributed by atoms with Crippen LogP contribution in [0.4, 0.5) is 0 Å². The molecule has 2 atom stereocenters. The second-order valence-electron chi connectivity index (χ2n) is 6.83. The van der Waals surface area contributed by atoms with Crippen molar-refractivity contribution in [3.8, 4) is 0 Å². The maximum absolute atomic E-state index is 12.2. The third-order valence-electron chi connectivity index (χ3n) is 4.83. The molecule has 2 saturated carbocycles. The highest BCUT2D eigenvalue weighted by molar-refractivity contribution is 5.73. The predicted octanol–water partition coefficient (Wildman–Crippen LogP) is 2.87. The fourth-order valence-corrected chi connectivity index (χ4v) is 3.37. The van der Waals surface area contributed by atoms with Gasteiger partial charge in [0.05, 0.1) is 5.92 Å². The Morgan fingerprint density at radius 3 is 2.50 bits per heavy atom. The van der Waals surface area contributed by atoms with Crippen molar-refractivity contribution >= 4 is 5.97 Å². The Morgan fingerprint density at radius 1 is 1.22 bits per heavy atom. The summed E-state index contributed by atoms with van der Waals surface area (Å²) in [6.45, 7) is 5.22. The van der Waals surface area contributed by atoms with Gasteiger partial charge < -0.3 is 10.5 Å². The van der Waals surface area contributed by atoms with Crippen LogP contribution in [-0.4, -0.2) is 18.6 Å². The molecule has 2 N–H and O–H groups in total. The molecule has 0 radical (unpaired) electrons. The summed E-state index contributed by atoms with van der Waals surface area (Å²) in [6, 6.07) is 0. The van der Waals surface area contributed by atoms with Crippen LogP contribution >= 0.6 is 0 Å². The molecular weight excluding hydrogens is 226 g/mol. The Balaban J connectivity index is 1.81. The van der Waals surface area contributed by atoms with Gasteiger partial charge in [-0.2, -0.15) is 0 Å². The lowest BCUT2D eigenvalue weighted by atomic mass is 9.76. The molecule has 0 aliphatic heterocycles. The van der Waals surface area contributed by atoms with Crippen molar-refractivity contribution in [3.05, 3.63) is 0 Å². The molecule has 104 valence electrons. The van der Waals surface area contributed by atoms with Gasteiger partial charge in [0.1, 0.15) is 6.10 Å². The molecule has 18 heavy (non-hydrogen) atoms. The summed E-state index contributed by atoms with van der Waals surface area (Å²) in [4.78, 5) is 12.2. The number of hydrogen-bond acceptors (Lipinski definition) is 3. The lowest BCUT2D eigenvalue weighted by molar-refractivity contribution is -0.157. The van der Waals surface area contributed by atoms with Crippen LogP contribution in [-0.2, 0) is 9.53 Å². The molecule has 2 fully saturated rings. The fourth-order valence-electron chi connectivity index (χ4n) is 3.37. The van der Waals surface area contributed by atoms with E-state index in [9.17, 15) is 4.79 Å². The molecule has 0 saturated heterocycles. The zero-order valence-corrected chi connectivity index (χ0v) is 11.8. The van der Waals surface area contributed by atoms with E-state index in [4.69, 9.17) is 10.5 Å². The number of nitrogens with two attached hydrogens (primary N) is 1. The SMILES string of the molecule is CC1(C)CCC(OC(=O)C2CCCC2CN)CC1. The Bertz CT molecular complexity index is 291. The highest BCUT2D eigenvalue weighted by Gasteiger charge is 2.35. The van der Waals surface area contributed by atoms with E-state index in [1.54, 1.807) is 0 Å². The van der Waals surface area contributed by atoms with Gasteiger partial charge in [0.15, 0.2) is 0 Å². The molecule has 0 bridgehead atoms. The molecule has 2 aliphatic rings. The number of ether oxygens (including phenoxy) is 1. The second kappa shape index (κ2) is 5.60. The third-order valence-corrected chi connectivity index (χ3v) is 4.83. The quantitative estimate of drug-likeness (QED) is 0.787. The van der Waals surface area contributed by atoms with Crippen LogP contribution in [0.15, 0.2) is 0 Å². The number of hydrogen-bond donors (Lipinski definition) is 1. The van der Waals surface area contributed by atoms with Gasteiger partial charge in [0.2, 0.25) is 0 Å². The zero-order valence-electron chi connectivity index (χ0n) is 11.8. The smallest absolute Gasteiger partial charge is 0.309 e. The monoisotopic (exact) mass is 253 g/mol. The van der Waals surface area contributed by atoms with Gasteiger partial charge in [-0.15, -0.1) is 0 Å². The number of carbonyl (C=O) groups is 1. The van der Waals surface area contributed by atoms with Crippen molar-refractivity contribution in [1.82, 2.24) is 0 Å². The molecule has 0 aromatic rings. The van der Waals surface area contributed by atoms with Gasteiger partial charge in [-0.05, 0) is 56.4 Å². The Labute approximate surface area is 110 Å². The van der Waals surface area contributed by atoms with Gasteiger partial charge in [0.25, 0.3) is 0 Å². The summed E-state index contributed by atoms with van der Waals surface area (Å²) >= 11 is 0. The standard InChI is InChI=1S/C15H27NO2/c1-15(2)8-6-12(7-9-15)18-14(17)13-5-3-4-11(13)10-16/h11-13H,3-10,16H2,1-2H3. The van der Waals surface area contributed by atoms with Crippen LogP contribution in [0.25, 0.3) is 0 Å². The Kier molecular flexibility index (Phi) is 4.31. The lowest BCUT2D eigenvalue weighted by Gasteiger charge is -2.34. The second-order valence-corrected chi connectivity index (χ2v) is 6.83. The molecule has 3 nitrogen and oxygen atoms in total. The van der Waals surface area contributed by atoms with Crippen molar-refractivity contribution in [2.45, 2.75) is 64.9 Å². The minimum absolute atomic E-state index is 0.0210. The first-order valence-corrected chi connectivity index (χ1v) is 7.42. The normalized spacial score (nSPS) is 32.4. The molecule has 0 heterocycles. The van der Waals surface area contributed by atoms with Crippen LogP contribution in [0.2, 0.25) is 0 Å². The highest BCUT2D eigenvalue weighted by Crippen LogP contribution is 2.37. The number of carbonyl (C=O) groups excluding carboxylic acids is 1. The molecule has 2 unspecified atom stereocenters. The van der Waals surface area contributed by atoms with Crippen molar-refractivity contribution in [2.75, 3.05) is 6.54 Å². The van der Waals surface area contributed by atoms with Crippen molar-refractivity contribution in [1.29, 1.82) is 0 Å². The van der Waals surface area contributed by atoms with Crippen LogP contribution in [0.1, 0.15) is 58.8 Å². The molecule has 3 heteroatoms. The molecule has 0 spiro atoms. The van der Waals surface area contributed by atoms with E-state index in [1.165, 1.54) is 0 Å². The van der Waals surface area contributed by atoms with Gasteiger partial charge in [-0.3, -0.25) is 4.79 Å². The summed E-state index contributed by atoms with van der Waals surface area (Å²) in [5.41, 5.74) is 6.15. The first-order valence-electron chi connectivity index (χ1n) is 7.42. The maximum Gasteiger partial charge on any atom is 0.309 e. The molecular formula is C15H27NO2. The highest BCUT2D eigenvalue weighted by atomic mass is 16.5. The lowest BCUT2D eigenvalue weighted by Crippen LogP contribution is -2.33. The molecule has 2 rings (SSSR count). The van der Waals surface area contributed by atoms with E-state index in [1.807, 2.05) is 0 Å². The average molecular weight is 253 g/mol. The van der Waals surface area contributed by atoms with Crippen molar-refractivity contribution in [3.63, 3.8) is 0 Å². The van der Waals surface area contributed by atoms with E-state index in [0.717, 1.165) is 44.9 Å². The van der Waals surface area contributed by atoms with Crippen molar-refractivity contribution < 1.29 is 9.53 Å². The Hall–Kier alpha value is -0.570. The largest absolute Gasteiger partial charge is 0.462 e. The summed E-state index contributed by atoms with van der Waals surface area (Å²) in [5, 5.41) is 0. The van der Waals surface area contributed by atoms with E-state index in [2.05, 4.69) is 13.8 Å². The van der Waals surface area contributed by atoms with Gasteiger partial charge in [-0.25, -0.2) is 0 Å². The van der Waals surface area contributed by atoms with Gasteiger partial charge >= 0.3 is 5.97 Å². The van der Waals surface area contributed by atoms with Gasteiger partial charge in [0, 0.05) is 0 Å². The van der Waals surface area contributed by atoms with Crippen LogP contribution in [0.3, 0.4) is 0 Å². The van der Waals surface area contributed by atoms with E-state index in [0.29, 0.717) is 17.9 Å². The summed E-state index contributed by atoms with van der Waals surface area (Å²) in [6.07, 6.45) is 7.72. The summed E-state index contributed by atoms with van der Waals surface area (Å²) < 4.78 is 5.71. The molecule has 0 aromatic heterocycles. The third kappa shape index (κ3) is 3.25. The molecule has 0 amide bonds. The zero-order chi connectivity index (χ0) is 13.2. The van der Waals surface area contributed by atoms with E-state index < -0.39 is 0 Å². The predicted molar refractivity (Wildman–Crippen MR) is 72.0 cm³/mol. The first kappa shape index (κ1) is 13.9. The topological polar surface area (TPSA) is 52.3 Å².